The van der Waals surface area contributed by atoms with Crippen LogP contribution in [0.4, 0.5) is 0 Å². The molecule has 3 unspecified atom stereocenters. The van der Waals surface area contributed by atoms with E-state index in [0.717, 1.165) is 44.9 Å². The molecule has 0 saturated carbocycles. The van der Waals surface area contributed by atoms with E-state index in [1.807, 2.05) is 0 Å². The third-order valence-electron chi connectivity index (χ3n) is 3.61. The molecule has 0 aliphatic heterocycles. The lowest BCUT2D eigenvalue weighted by molar-refractivity contribution is -0.0434. The highest BCUT2D eigenvalue weighted by Crippen LogP contribution is 2.13. The van der Waals surface area contributed by atoms with Gasteiger partial charge >= 0.3 is 0 Å². The lowest BCUT2D eigenvalue weighted by Crippen LogP contribution is -2.26. The van der Waals surface area contributed by atoms with Gasteiger partial charge in [-0.15, -0.1) is 23.2 Å². The Bertz CT molecular complexity index is 230. The van der Waals surface area contributed by atoms with Gasteiger partial charge < -0.3 is 14.6 Å². The third-order valence-corrected chi connectivity index (χ3v) is 4.48. The zero-order valence-electron chi connectivity index (χ0n) is 14.2. The van der Waals surface area contributed by atoms with Crippen LogP contribution in [0, 0.1) is 0 Å². The first-order valence-electron chi connectivity index (χ1n) is 8.72. The minimum absolute atomic E-state index is 0.0257. The van der Waals surface area contributed by atoms with Gasteiger partial charge in [-0.25, -0.2) is 0 Å². The van der Waals surface area contributed by atoms with Crippen molar-refractivity contribution in [3.8, 4) is 0 Å². The van der Waals surface area contributed by atoms with Crippen LogP contribution in [0.2, 0.25) is 0 Å². The summed E-state index contributed by atoms with van der Waals surface area (Å²) in [6.45, 7) is 5.90. The highest BCUT2D eigenvalue weighted by Gasteiger charge is 2.11. The Morgan fingerprint density at radius 3 is 1.91 bits per heavy atom. The van der Waals surface area contributed by atoms with Crippen molar-refractivity contribution in [2.75, 3.05) is 26.4 Å². The number of hydrogen-bond acceptors (Lipinski definition) is 3. The quantitative estimate of drug-likeness (QED) is 0.320. The number of alkyl halides is 2. The van der Waals surface area contributed by atoms with E-state index in [1.54, 1.807) is 0 Å². The predicted molar refractivity (Wildman–Crippen MR) is 95.2 cm³/mol. The van der Waals surface area contributed by atoms with E-state index < -0.39 is 0 Å². The van der Waals surface area contributed by atoms with Crippen LogP contribution in [0.1, 0.15) is 65.2 Å². The van der Waals surface area contributed by atoms with E-state index in [-0.39, 0.29) is 23.5 Å². The summed E-state index contributed by atoms with van der Waals surface area (Å²) in [5.74, 6) is 0. The van der Waals surface area contributed by atoms with Gasteiger partial charge in [0, 0.05) is 24.0 Å². The van der Waals surface area contributed by atoms with Crippen molar-refractivity contribution in [2.24, 2.45) is 0 Å². The summed E-state index contributed by atoms with van der Waals surface area (Å²) in [7, 11) is 0. The minimum atomic E-state index is -0.264. The molecule has 0 aliphatic carbocycles. The number of halogens is 2. The van der Waals surface area contributed by atoms with Gasteiger partial charge in [-0.3, -0.25) is 0 Å². The SMILES string of the molecule is CCCCC(Cl)CCOCC(CO)OCCC(Cl)CCCC. The highest BCUT2D eigenvalue weighted by atomic mass is 35.5. The van der Waals surface area contributed by atoms with Crippen molar-refractivity contribution in [2.45, 2.75) is 82.1 Å². The largest absolute Gasteiger partial charge is 0.394 e. The molecule has 1 N–H and O–H groups in total. The maximum absolute atomic E-state index is 9.29. The fourth-order valence-electron chi connectivity index (χ4n) is 2.08. The molecule has 0 bridgehead atoms. The fourth-order valence-corrected chi connectivity index (χ4v) is 2.57. The van der Waals surface area contributed by atoms with Gasteiger partial charge in [-0.2, -0.15) is 0 Å². The molecule has 0 spiro atoms. The van der Waals surface area contributed by atoms with Crippen molar-refractivity contribution >= 4 is 23.2 Å². The summed E-state index contributed by atoms with van der Waals surface area (Å²) in [6.07, 6.45) is 8.11. The third kappa shape index (κ3) is 14.1. The minimum Gasteiger partial charge on any atom is -0.394 e. The summed E-state index contributed by atoms with van der Waals surface area (Å²) in [5.41, 5.74) is 0. The van der Waals surface area contributed by atoms with Gasteiger partial charge in [-0.05, 0) is 25.7 Å². The zero-order chi connectivity index (χ0) is 16.6. The smallest absolute Gasteiger partial charge is 0.104 e. The molecule has 22 heavy (non-hydrogen) atoms. The second-order valence-corrected chi connectivity index (χ2v) is 7.04. The van der Waals surface area contributed by atoms with E-state index in [1.165, 1.54) is 6.42 Å². The molecule has 0 aliphatic rings. The van der Waals surface area contributed by atoms with Crippen molar-refractivity contribution < 1.29 is 14.6 Å². The van der Waals surface area contributed by atoms with Gasteiger partial charge in [0.25, 0.3) is 0 Å². The molecule has 134 valence electrons. The normalized spacial score (nSPS) is 15.7. The molecular weight excluding hydrogens is 323 g/mol. The van der Waals surface area contributed by atoms with Crippen molar-refractivity contribution in [1.82, 2.24) is 0 Å². The Morgan fingerprint density at radius 1 is 0.864 bits per heavy atom. The Hall–Kier alpha value is 0.460. The molecule has 0 radical (unpaired) electrons. The number of aliphatic hydroxyl groups excluding tert-OH is 1. The van der Waals surface area contributed by atoms with Gasteiger partial charge in [-0.1, -0.05) is 39.5 Å². The predicted octanol–water partition coefficient (Wildman–Crippen LogP) is 4.76. The molecule has 0 aromatic heterocycles. The van der Waals surface area contributed by atoms with Crippen LogP contribution < -0.4 is 0 Å². The van der Waals surface area contributed by atoms with Gasteiger partial charge in [0.1, 0.15) is 6.10 Å². The highest BCUT2D eigenvalue weighted by molar-refractivity contribution is 6.20. The lowest BCUT2D eigenvalue weighted by Gasteiger charge is -2.17. The van der Waals surface area contributed by atoms with E-state index >= 15 is 0 Å². The average molecular weight is 357 g/mol. The molecule has 3 atom stereocenters. The number of rotatable bonds is 16. The molecule has 0 heterocycles. The summed E-state index contributed by atoms with van der Waals surface area (Å²) in [5, 5.41) is 9.64. The van der Waals surface area contributed by atoms with Crippen molar-refractivity contribution in [1.29, 1.82) is 0 Å². The molecular formula is C17H34Cl2O3. The molecule has 0 amide bonds. The molecule has 0 fully saturated rings. The van der Waals surface area contributed by atoms with Gasteiger partial charge in [0.05, 0.1) is 13.2 Å². The van der Waals surface area contributed by atoms with E-state index in [2.05, 4.69) is 13.8 Å². The summed E-state index contributed by atoms with van der Waals surface area (Å²) in [6, 6.07) is 0. The van der Waals surface area contributed by atoms with Crippen LogP contribution in [0.3, 0.4) is 0 Å². The summed E-state index contributed by atoms with van der Waals surface area (Å²) >= 11 is 12.4. The molecule has 0 saturated heterocycles. The maximum atomic E-state index is 9.29. The van der Waals surface area contributed by atoms with E-state index in [0.29, 0.717) is 19.8 Å². The van der Waals surface area contributed by atoms with Crippen LogP contribution in [-0.2, 0) is 9.47 Å². The first-order chi connectivity index (χ1) is 10.6. The second kappa shape index (κ2) is 16.3. The molecule has 5 heteroatoms. The monoisotopic (exact) mass is 356 g/mol. The first-order valence-corrected chi connectivity index (χ1v) is 9.59. The number of aliphatic hydroxyl groups is 1. The van der Waals surface area contributed by atoms with E-state index in [4.69, 9.17) is 32.7 Å². The lowest BCUT2D eigenvalue weighted by atomic mass is 10.1. The first kappa shape index (κ1) is 22.5. The van der Waals surface area contributed by atoms with Crippen LogP contribution >= 0.6 is 23.2 Å². The molecule has 0 aromatic carbocycles. The fraction of sp³-hybridized carbons (Fsp3) is 1.00. The standard InChI is InChI=1S/C17H34Cl2O3/c1-3-5-7-15(18)9-11-21-14-17(13-20)22-12-10-16(19)8-6-4-2/h15-17,20H,3-14H2,1-2H3. The second-order valence-electron chi connectivity index (χ2n) is 5.81. The number of ether oxygens (including phenoxy) is 2. The van der Waals surface area contributed by atoms with E-state index in [9.17, 15) is 5.11 Å². The van der Waals surface area contributed by atoms with Crippen LogP contribution in [0.5, 0.6) is 0 Å². The van der Waals surface area contributed by atoms with Crippen LogP contribution in [-0.4, -0.2) is 48.4 Å². The maximum Gasteiger partial charge on any atom is 0.104 e. The number of unbranched alkanes of at least 4 members (excludes halogenated alkanes) is 2. The topological polar surface area (TPSA) is 38.7 Å². The summed E-state index contributed by atoms with van der Waals surface area (Å²) < 4.78 is 11.2. The van der Waals surface area contributed by atoms with Gasteiger partial charge in [0.2, 0.25) is 0 Å². The Balaban J connectivity index is 3.58. The molecule has 0 rings (SSSR count). The van der Waals surface area contributed by atoms with Gasteiger partial charge in [0.15, 0.2) is 0 Å². The molecule has 3 nitrogen and oxygen atoms in total. The molecule has 0 aromatic rings. The Labute approximate surface area is 146 Å². The van der Waals surface area contributed by atoms with Crippen LogP contribution in [0.15, 0.2) is 0 Å². The van der Waals surface area contributed by atoms with Crippen LogP contribution in [0.25, 0.3) is 0 Å². The average Bonchev–Trinajstić information content (AvgIpc) is 2.52. The number of hydrogen-bond donors (Lipinski definition) is 1. The zero-order valence-corrected chi connectivity index (χ0v) is 15.7. The summed E-state index contributed by atoms with van der Waals surface area (Å²) in [4.78, 5) is 0. The van der Waals surface area contributed by atoms with Crippen molar-refractivity contribution in [3.63, 3.8) is 0 Å². The Kier molecular flexibility index (Phi) is 16.7. The Morgan fingerprint density at radius 2 is 1.41 bits per heavy atom. The van der Waals surface area contributed by atoms with Crippen molar-refractivity contribution in [3.05, 3.63) is 0 Å².